The molecule has 0 saturated heterocycles. The van der Waals surface area contributed by atoms with Gasteiger partial charge in [0.15, 0.2) is 0 Å². The molecule has 0 spiro atoms. The third-order valence-electron chi connectivity index (χ3n) is 6.06. The minimum Gasteiger partial charge on any atom is -0.480 e. The van der Waals surface area contributed by atoms with Gasteiger partial charge in [0.25, 0.3) is 15.9 Å². The van der Waals surface area contributed by atoms with Crippen molar-refractivity contribution in [2.75, 3.05) is 24.3 Å². The number of ether oxygens (including phenoxy) is 2. The van der Waals surface area contributed by atoms with Gasteiger partial charge in [0, 0.05) is 23.5 Å². The van der Waals surface area contributed by atoms with E-state index in [9.17, 15) is 17.6 Å². The van der Waals surface area contributed by atoms with Gasteiger partial charge < -0.3 is 20.5 Å². The number of hydrogen-bond acceptors (Lipinski definition) is 9. The summed E-state index contributed by atoms with van der Waals surface area (Å²) in [5.74, 6) is -0.943. The van der Waals surface area contributed by atoms with E-state index in [4.69, 9.17) is 15.2 Å². The fourth-order valence-electron chi connectivity index (χ4n) is 4.12. The molecular weight excluding hydrogens is 551 g/mol. The lowest BCUT2D eigenvalue weighted by Crippen LogP contribution is -2.14. The van der Waals surface area contributed by atoms with Crippen LogP contribution in [0, 0.1) is 5.82 Å². The van der Waals surface area contributed by atoms with Gasteiger partial charge >= 0.3 is 6.01 Å². The molecule has 1 amide bonds. The van der Waals surface area contributed by atoms with E-state index in [-0.39, 0.29) is 22.2 Å². The molecule has 0 unspecified atom stereocenters. The van der Waals surface area contributed by atoms with E-state index < -0.39 is 21.7 Å². The summed E-state index contributed by atoms with van der Waals surface area (Å²) in [7, 11) is -1.03. The lowest BCUT2D eigenvalue weighted by atomic mass is 10.0. The lowest BCUT2D eigenvalue weighted by Gasteiger charge is -2.15. The highest BCUT2D eigenvalue weighted by atomic mass is 32.2. The van der Waals surface area contributed by atoms with E-state index in [1.807, 2.05) is 0 Å². The van der Waals surface area contributed by atoms with Crippen molar-refractivity contribution in [3.05, 3.63) is 90.5 Å². The van der Waals surface area contributed by atoms with E-state index in [1.165, 1.54) is 32.5 Å². The first-order valence-corrected chi connectivity index (χ1v) is 13.5. The zero-order chi connectivity index (χ0) is 29.1. The van der Waals surface area contributed by atoms with Gasteiger partial charge in [-0.15, -0.1) is 0 Å². The SMILES string of the molecule is COc1ncc(-c2ccc3c(Nc4cccc(NS(=O)(=O)c5ccc(F)cc5)c4)c(C(N)=O)cnc3c2)c(OC)n1. The van der Waals surface area contributed by atoms with Crippen molar-refractivity contribution in [1.29, 1.82) is 0 Å². The first-order chi connectivity index (χ1) is 19.7. The number of nitrogens with two attached hydrogens (primary N) is 1. The largest absolute Gasteiger partial charge is 0.480 e. The maximum Gasteiger partial charge on any atom is 0.319 e. The Hall–Kier alpha value is -5.30. The second-order valence-electron chi connectivity index (χ2n) is 8.69. The smallest absolute Gasteiger partial charge is 0.319 e. The van der Waals surface area contributed by atoms with Crippen LogP contribution in [0.2, 0.25) is 0 Å². The Morgan fingerprint density at radius 1 is 0.927 bits per heavy atom. The Kier molecular flexibility index (Phi) is 7.36. The number of pyridine rings is 1. The Morgan fingerprint density at radius 2 is 1.68 bits per heavy atom. The van der Waals surface area contributed by atoms with E-state index in [2.05, 4.69) is 25.0 Å². The van der Waals surface area contributed by atoms with Crippen molar-refractivity contribution in [1.82, 2.24) is 15.0 Å². The number of nitrogens with one attached hydrogen (secondary N) is 2. The summed E-state index contributed by atoms with van der Waals surface area (Å²) >= 11 is 0. The minimum absolute atomic E-state index is 0.0944. The van der Waals surface area contributed by atoms with Crippen LogP contribution in [0.5, 0.6) is 11.9 Å². The van der Waals surface area contributed by atoms with Gasteiger partial charge in [0.2, 0.25) is 5.88 Å². The Labute approximate surface area is 234 Å². The van der Waals surface area contributed by atoms with Gasteiger partial charge in [0.1, 0.15) is 5.82 Å². The predicted octanol–water partition coefficient (Wildman–Crippen LogP) is 4.49. The van der Waals surface area contributed by atoms with Crippen molar-refractivity contribution < 1.29 is 27.1 Å². The normalized spacial score (nSPS) is 11.2. The molecule has 4 N–H and O–H groups in total. The first-order valence-electron chi connectivity index (χ1n) is 12.0. The standard InChI is InChI=1S/C28H23FN6O5S/c1-39-27-22(14-32-28(34-27)40-2)16-6-11-21-24(12-16)31-15-23(26(30)36)25(21)33-18-4-3-5-19(13-18)35-41(37,38)20-9-7-17(29)8-10-20/h3-15,35H,1-2H3,(H2,30,36)(H,31,33). The van der Waals surface area contributed by atoms with Crippen LogP contribution in [-0.4, -0.2) is 43.5 Å². The molecule has 11 nitrogen and oxygen atoms in total. The number of fused-ring (bicyclic) bond motifs is 1. The third-order valence-corrected chi connectivity index (χ3v) is 7.46. The number of rotatable bonds is 9. The van der Waals surface area contributed by atoms with Crippen LogP contribution in [0.25, 0.3) is 22.0 Å². The number of amides is 1. The highest BCUT2D eigenvalue weighted by Crippen LogP contribution is 2.35. The van der Waals surface area contributed by atoms with E-state index in [0.29, 0.717) is 39.3 Å². The Bertz CT molecular complexity index is 1880. The zero-order valence-corrected chi connectivity index (χ0v) is 22.6. The maximum atomic E-state index is 13.3. The van der Waals surface area contributed by atoms with Crippen LogP contribution < -0.4 is 25.2 Å². The molecule has 208 valence electrons. The third kappa shape index (κ3) is 5.70. The molecule has 0 aliphatic heterocycles. The number of anilines is 3. The summed E-state index contributed by atoms with van der Waals surface area (Å²) in [6.07, 6.45) is 2.93. The van der Waals surface area contributed by atoms with Crippen molar-refractivity contribution in [2.45, 2.75) is 4.90 Å². The molecule has 13 heteroatoms. The molecule has 2 aromatic heterocycles. The van der Waals surface area contributed by atoms with E-state index in [1.54, 1.807) is 48.7 Å². The zero-order valence-electron chi connectivity index (χ0n) is 21.8. The quantitative estimate of drug-likeness (QED) is 0.231. The van der Waals surface area contributed by atoms with Crippen molar-refractivity contribution in [2.24, 2.45) is 5.73 Å². The molecule has 3 aromatic carbocycles. The number of halogens is 1. The number of methoxy groups -OCH3 is 2. The second-order valence-corrected chi connectivity index (χ2v) is 10.4. The molecule has 41 heavy (non-hydrogen) atoms. The lowest BCUT2D eigenvalue weighted by molar-refractivity contribution is 0.100. The number of carbonyl (C=O) groups excluding carboxylic acids is 1. The van der Waals surface area contributed by atoms with Gasteiger partial charge in [-0.25, -0.2) is 17.8 Å². The average Bonchev–Trinajstić information content (AvgIpc) is 2.96. The summed E-state index contributed by atoms with van der Waals surface area (Å²) in [6, 6.07) is 16.4. The Morgan fingerprint density at radius 3 is 2.39 bits per heavy atom. The molecule has 5 rings (SSSR count). The molecule has 0 fully saturated rings. The summed E-state index contributed by atoms with van der Waals surface area (Å²) in [6.45, 7) is 0. The number of benzene rings is 3. The molecule has 0 aliphatic rings. The molecule has 0 bridgehead atoms. The number of nitrogens with zero attached hydrogens (tertiary/aromatic N) is 3. The number of aromatic nitrogens is 3. The van der Waals surface area contributed by atoms with Crippen LogP contribution in [0.3, 0.4) is 0 Å². The van der Waals surface area contributed by atoms with Crippen molar-refractivity contribution >= 4 is 43.9 Å². The fraction of sp³-hybridized carbons (Fsp3) is 0.0714. The molecule has 2 heterocycles. The summed E-state index contributed by atoms with van der Waals surface area (Å²) in [5, 5.41) is 3.76. The molecule has 0 atom stereocenters. The number of primary amides is 1. The fourth-order valence-corrected chi connectivity index (χ4v) is 5.17. The van der Waals surface area contributed by atoms with E-state index in [0.717, 1.165) is 12.1 Å². The Balaban J connectivity index is 1.51. The molecule has 0 radical (unpaired) electrons. The monoisotopic (exact) mass is 574 g/mol. The number of carbonyl (C=O) groups is 1. The highest BCUT2D eigenvalue weighted by Gasteiger charge is 2.18. The summed E-state index contributed by atoms with van der Waals surface area (Å²) in [4.78, 5) is 25.0. The summed E-state index contributed by atoms with van der Waals surface area (Å²) < 4.78 is 51.8. The first kappa shape index (κ1) is 27.3. The van der Waals surface area contributed by atoms with Gasteiger partial charge in [-0.05, 0) is 54.1 Å². The van der Waals surface area contributed by atoms with Crippen LogP contribution >= 0.6 is 0 Å². The minimum atomic E-state index is -3.97. The maximum absolute atomic E-state index is 13.3. The second kappa shape index (κ2) is 11.1. The predicted molar refractivity (Wildman–Crippen MR) is 151 cm³/mol. The van der Waals surface area contributed by atoms with Crippen molar-refractivity contribution in [3.8, 4) is 23.0 Å². The molecule has 0 saturated carbocycles. The van der Waals surface area contributed by atoms with Crippen LogP contribution in [0.15, 0.2) is 84.0 Å². The van der Waals surface area contributed by atoms with Crippen LogP contribution in [-0.2, 0) is 10.0 Å². The van der Waals surface area contributed by atoms with Gasteiger partial charge in [-0.2, -0.15) is 4.98 Å². The molecule has 5 aromatic rings. The topological polar surface area (TPSA) is 158 Å². The van der Waals surface area contributed by atoms with Gasteiger partial charge in [-0.3, -0.25) is 14.5 Å². The molecular formula is C28H23FN6O5S. The van der Waals surface area contributed by atoms with Crippen molar-refractivity contribution in [3.63, 3.8) is 0 Å². The summed E-state index contributed by atoms with van der Waals surface area (Å²) in [5.41, 5.74) is 8.71. The van der Waals surface area contributed by atoms with Gasteiger partial charge in [-0.1, -0.05) is 18.2 Å². The van der Waals surface area contributed by atoms with E-state index >= 15 is 0 Å². The number of sulfonamides is 1. The van der Waals surface area contributed by atoms with Crippen LogP contribution in [0.4, 0.5) is 21.5 Å². The van der Waals surface area contributed by atoms with Crippen LogP contribution in [0.1, 0.15) is 10.4 Å². The molecule has 0 aliphatic carbocycles. The average molecular weight is 575 g/mol. The number of hydrogen-bond donors (Lipinski definition) is 3. The highest BCUT2D eigenvalue weighted by molar-refractivity contribution is 7.92. The van der Waals surface area contributed by atoms with Gasteiger partial charge in [0.05, 0.1) is 47.1 Å².